The van der Waals surface area contributed by atoms with Crippen LogP contribution >= 0.6 is 0 Å². The van der Waals surface area contributed by atoms with Crippen molar-refractivity contribution in [2.24, 2.45) is 5.92 Å². The zero-order chi connectivity index (χ0) is 13.5. The van der Waals surface area contributed by atoms with E-state index in [0.717, 1.165) is 19.8 Å². The van der Waals surface area contributed by atoms with E-state index in [-0.39, 0.29) is 0 Å². The van der Waals surface area contributed by atoms with Gasteiger partial charge in [-0.1, -0.05) is 44.5 Å². The number of ether oxygens (including phenoxy) is 1. The predicted octanol–water partition coefficient (Wildman–Crippen LogP) is 3.72. The van der Waals surface area contributed by atoms with Crippen molar-refractivity contribution in [2.75, 3.05) is 19.8 Å². The van der Waals surface area contributed by atoms with Gasteiger partial charge in [0.1, 0.15) is 0 Å². The monoisotopic (exact) mass is 261 g/mol. The van der Waals surface area contributed by atoms with Crippen LogP contribution in [0.15, 0.2) is 24.3 Å². The Labute approximate surface area is 117 Å². The Morgan fingerprint density at radius 3 is 2.63 bits per heavy atom. The zero-order valence-corrected chi connectivity index (χ0v) is 12.3. The standard InChI is InChI=1S/C17H27NO/c1-3-5-6-14-7-9-15(10-8-14)17(18-4-2)16-11-12-19-13-16/h7-10,16-18H,3-6,11-13H2,1-2H3. The molecule has 1 aromatic rings. The van der Waals surface area contributed by atoms with Gasteiger partial charge in [0, 0.05) is 18.6 Å². The van der Waals surface area contributed by atoms with Crippen LogP contribution in [0.4, 0.5) is 0 Å². The SMILES string of the molecule is CCCCc1ccc(C(NCC)C2CCOC2)cc1. The minimum absolute atomic E-state index is 0.452. The van der Waals surface area contributed by atoms with Crippen molar-refractivity contribution >= 4 is 0 Å². The summed E-state index contributed by atoms with van der Waals surface area (Å²) < 4.78 is 5.54. The second-order valence-electron chi connectivity index (χ2n) is 5.50. The molecule has 0 aromatic heterocycles. The summed E-state index contributed by atoms with van der Waals surface area (Å²) in [6.07, 6.45) is 4.93. The van der Waals surface area contributed by atoms with Crippen molar-refractivity contribution < 1.29 is 4.74 Å². The largest absolute Gasteiger partial charge is 0.381 e. The highest BCUT2D eigenvalue weighted by Gasteiger charge is 2.26. The summed E-state index contributed by atoms with van der Waals surface area (Å²) in [6.45, 7) is 7.25. The van der Waals surface area contributed by atoms with Crippen LogP contribution in [0.1, 0.15) is 50.3 Å². The Kier molecular flexibility index (Phi) is 5.87. The fraction of sp³-hybridized carbons (Fsp3) is 0.647. The first-order valence-electron chi connectivity index (χ1n) is 7.75. The molecule has 0 aliphatic carbocycles. The Balaban J connectivity index is 2.03. The van der Waals surface area contributed by atoms with E-state index in [1.807, 2.05) is 0 Å². The topological polar surface area (TPSA) is 21.3 Å². The average molecular weight is 261 g/mol. The first-order chi connectivity index (χ1) is 9.35. The van der Waals surface area contributed by atoms with Crippen LogP contribution in [0.2, 0.25) is 0 Å². The highest BCUT2D eigenvalue weighted by atomic mass is 16.5. The molecular weight excluding hydrogens is 234 g/mol. The van der Waals surface area contributed by atoms with Gasteiger partial charge >= 0.3 is 0 Å². The van der Waals surface area contributed by atoms with Gasteiger partial charge in [-0.05, 0) is 36.9 Å². The fourth-order valence-electron chi connectivity index (χ4n) is 2.86. The lowest BCUT2D eigenvalue weighted by atomic mass is 9.91. The Bertz CT molecular complexity index is 354. The van der Waals surface area contributed by atoms with E-state index < -0.39 is 0 Å². The molecule has 2 unspecified atom stereocenters. The van der Waals surface area contributed by atoms with Gasteiger partial charge in [0.25, 0.3) is 0 Å². The summed E-state index contributed by atoms with van der Waals surface area (Å²) in [4.78, 5) is 0. The molecule has 2 rings (SSSR count). The molecule has 106 valence electrons. The minimum atomic E-state index is 0.452. The molecule has 1 heterocycles. The van der Waals surface area contributed by atoms with Crippen LogP contribution in [-0.2, 0) is 11.2 Å². The van der Waals surface area contributed by atoms with Crippen LogP contribution < -0.4 is 5.32 Å². The lowest BCUT2D eigenvalue weighted by molar-refractivity contribution is 0.177. The molecule has 1 fully saturated rings. The van der Waals surface area contributed by atoms with Crippen molar-refractivity contribution in [1.29, 1.82) is 0 Å². The van der Waals surface area contributed by atoms with Gasteiger partial charge in [-0.3, -0.25) is 0 Å². The Morgan fingerprint density at radius 2 is 2.05 bits per heavy atom. The molecule has 19 heavy (non-hydrogen) atoms. The van der Waals surface area contributed by atoms with Gasteiger partial charge in [0.05, 0.1) is 6.61 Å². The van der Waals surface area contributed by atoms with Gasteiger partial charge in [-0.25, -0.2) is 0 Å². The van der Waals surface area contributed by atoms with E-state index in [9.17, 15) is 0 Å². The molecular formula is C17H27NO. The van der Waals surface area contributed by atoms with Crippen molar-refractivity contribution in [3.8, 4) is 0 Å². The van der Waals surface area contributed by atoms with Crippen LogP contribution in [0.5, 0.6) is 0 Å². The Morgan fingerprint density at radius 1 is 1.26 bits per heavy atom. The number of nitrogens with one attached hydrogen (secondary N) is 1. The molecule has 1 saturated heterocycles. The lowest BCUT2D eigenvalue weighted by Gasteiger charge is -2.24. The van der Waals surface area contributed by atoms with Crippen molar-refractivity contribution in [3.63, 3.8) is 0 Å². The normalized spacial score (nSPS) is 20.6. The molecule has 0 spiro atoms. The van der Waals surface area contributed by atoms with Crippen LogP contribution in [0.25, 0.3) is 0 Å². The van der Waals surface area contributed by atoms with Crippen LogP contribution in [0.3, 0.4) is 0 Å². The molecule has 1 aliphatic heterocycles. The van der Waals surface area contributed by atoms with Gasteiger partial charge in [-0.15, -0.1) is 0 Å². The second-order valence-corrected chi connectivity index (χ2v) is 5.50. The molecule has 0 radical (unpaired) electrons. The van der Waals surface area contributed by atoms with E-state index in [1.165, 1.54) is 36.8 Å². The molecule has 2 nitrogen and oxygen atoms in total. The van der Waals surface area contributed by atoms with E-state index in [2.05, 4.69) is 43.4 Å². The number of benzene rings is 1. The number of hydrogen-bond acceptors (Lipinski definition) is 2. The molecule has 1 aromatic carbocycles. The third-order valence-electron chi connectivity index (χ3n) is 4.02. The predicted molar refractivity (Wildman–Crippen MR) is 80.4 cm³/mol. The summed E-state index contributed by atoms with van der Waals surface area (Å²) >= 11 is 0. The molecule has 1 N–H and O–H groups in total. The van der Waals surface area contributed by atoms with Crippen molar-refractivity contribution in [2.45, 2.75) is 45.6 Å². The number of hydrogen-bond donors (Lipinski definition) is 1. The van der Waals surface area contributed by atoms with Gasteiger partial charge in [0.15, 0.2) is 0 Å². The summed E-state index contributed by atoms with van der Waals surface area (Å²) in [5.74, 6) is 0.626. The molecule has 0 amide bonds. The van der Waals surface area contributed by atoms with Gasteiger partial charge < -0.3 is 10.1 Å². The van der Waals surface area contributed by atoms with Crippen molar-refractivity contribution in [3.05, 3.63) is 35.4 Å². The molecule has 2 heteroatoms. The van der Waals surface area contributed by atoms with E-state index in [1.54, 1.807) is 0 Å². The van der Waals surface area contributed by atoms with Crippen molar-refractivity contribution in [1.82, 2.24) is 5.32 Å². The van der Waals surface area contributed by atoms with E-state index >= 15 is 0 Å². The third kappa shape index (κ3) is 4.05. The Hall–Kier alpha value is -0.860. The first-order valence-corrected chi connectivity index (χ1v) is 7.75. The summed E-state index contributed by atoms with van der Waals surface area (Å²) in [7, 11) is 0. The second kappa shape index (κ2) is 7.66. The summed E-state index contributed by atoms with van der Waals surface area (Å²) in [6, 6.07) is 9.65. The van der Waals surface area contributed by atoms with E-state index in [4.69, 9.17) is 4.74 Å². The molecule has 2 atom stereocenters. The van der Waals surface area contributed by atoms with E-state index in [0.29, 0.717) is 12.0 Å². The number of aryl methyl sites for hydroxylation is 1. The van der Waals surface area contributed by atoms with Crippen LogP contribution in [-0.4, -0.2) is 19.8 Å². The zero-order valence-electron chi connectivity index (χ0n) is 12.3. The summed E-state index contributed by atoms with van der Waals surface area (Å²) in [5.41, 5.74) is 2.88. The maximum absolute atomic E-state index is 5.54. The highest BCUT2D eigenvalue weighted by molar-refractivity contribution is 5.26. The summed E-state index contributed by atoms with van der Waals surface area (Å²) in [5, 5.41) is 3.62. The molecule has 1 aliphatic rings. The molecule has 0 bridgehead atoms. The number of rotatable bonds is 7. The quantitative estimate of drug-likeness (QED) is 0.808. The highest BCUT2D eigenvalue weighted by Crippen LogP contribution is 2.29. The minimum Gasteiger partial charge on any atom is -0.381 e. The fourth-order valence-corrected chi connectivity index (χ4v) is 2.86. The third-order valence-corrected chi connectivity index (χ3v) is 4.02. The van der Waals surface area contributed by atoms with Gasteiger partial charge in [-0.2, -0.15) is 0 Å². The number of unbranched alkanes of at least 4 members (excludes halogenated alkanes) is 1. The smallest absolute Gasteiger partial charge is 0.0513 e. The average Bonchev–Trinajstić information content (AvgIpc) is 2.97. The maximum atomic E-state index is 5.54. The van der Waals surface area contributed by atoms with Gasteiger partial charge in [0.2, 0.25) is 0 Å². The lowest BCUT2D eigenvalue weighted by Crippen LogP contribution is -2.28. The first kappa shape index (κ1) is 14.5. The van der Waals surface area contributed by atoms with Crippen LogP contribution in [0, 0.1) is 5.92 Å². The maximum Gasteiger partial charge on any atom is 0.0513 e. The molecule has 0 saturated carbocycles.